The maximum atomic E-state index is 12.8. The van der Waals surface area contributed by atoms with Crippen molar-refractivity contribution in [1.29, 1.82) is 0 Å². The van der Waals surface area contributed by atoms with E-state index in [1.807, 2.05) is 6.92 Å². The molecule has 5 heteroatoms. The van der Waals surface area contributed by atoms with Crippen LogP contribution in [-0.2, 0) is 6.42 Å². The Bertz CT molecular complexity index is 601. The van der Waals surface area contributed by atoms with E-state index >= 15 is 0 Å². The molecule has 20 heavy (non-hydrogen) atoms. The van der Waals surface area contributed by atoms with E-state index in [9.17, 15) is 9.18 Å². The van der Waals surface area contributed by atoms with Crippen molar-refractivity contribution in [2.45, 2.75) is 19.4 Å². The molecule has 1 atom stereocenters. The molecule has 0 aliphatic rings. The average molecular weight is 293 g/mol. The quantitative estimate of drug-likeness (QED) is 0.940. The first-order valence-corrected chi connectivity index (χ1v) is 6.59. The van der Waals surface area contributed by atoms with Crippen LogP contribution in [0.2, 0.25) is 5.02 Å². The van der Waals surface area contributed by atoms with E-state index in [1.54, 1.807) is 18.2 Å². The lowest BCUT2D eigenvalue weighted by Gasteiger charge is -2.13. The second kappa shape index (κ2) is 6.48. The van der Waals surface area contributed by atoms with Gasteiger partial charge in [-0.2, -0.15) is 0 Å². The number of amides is 1. The molecule has 1 aromatic heterocycles. The molecule has 104 valence electrons. The summed E-state index contributed by atoms with van der Waals surface area (Å²) in [6.07, 6.45) is 2.11. The minimum Gasteiger partial charge on any atom is -0.348 e. The van der Waals surface area contributed by atoms with E-state index < -0.39 is 0 Å². The zero-order valence-electron chi connectivity index (χ0n) is 10.9. The lowest BCUT2D eigenvalue weighted by Crippen LogP contribution is -2.34. The molecule has 1 N–H and O–H groups in total. The molecule has 2 aromatic rings. The Morgan fingerprint density at radius 1 is 1.35 bits per heavy atom. The van der Waals surface area contributed by atoms with Gasteiger partial charge in [-0.25, -0.2) is 4.39 Å². The molecule has 0 fully saturated rings. The molecule has 1 heterocycles. The fraction of sp³-hybridized carbons (Fsp3) is 0.200. The maximum absolute atomic E-state index is 12.8. The molecule has 0 bridgehead atoms. The zero-order chi connectivity index (χ0) is 14.5. The number of rotatable bonds is 4. The van der Waals surface area contributed by atoms with Crippen LogP contribution in [0, 0.1) is 5.82 Å². The summed E-state index contributed by atoms with van der Waals surface area (Å²) in [4.78, 5) is 15.9. The molecule has 0 aliphatic heterocycles. The first kappa shape index (κ1) is 14.5. The van der Waals surface area contributed by atoms with E-state index in [2.05, 4.69) is 10.3 Å². The minimum atomic E-state index is -0.276. The van der Waals surface area contributed by atoms with Gasteiger partial charge in [0.15, 0.2) is 0 Å². The van der Waals surface area contributed by atoms with Crippen molar-refractivity contribution in [1.82, 2.24) is 10.3 Å². The zero-order valence-corrected chi connectivity index (χ0v) is 11.7. The summed E-state index contributed by atoms with van der Waals surface area (Å²) in [5.74, 6) is -0.546. The molecule has 1 aromatic carbocycles. The van der Waals surface area contributed by atoms with Crippen molar-refractivity contribution in [3.63, 3.8) is 0 Å². The molecule has 0 saturated carbocycles. The number of hydrogen-bond donors (Lipinski definition) is 1. The minimum absolute atomic E-state index is 0.0891. The van der Waals surface area contributed by atoms with Crippen LogP contribution in [0.15, 0.2) is 42.6 Å². The Labute approximate surface area is 121 Å². The lowest BCUT2D eigenvalue weighted by atomic mass is 10.1. The van der Waals surface area contributed by atoms with Gasteiger partial charge >= 0.3 is 0 Å². The Morgan fingerprint density at radius 2 is 2.05 bits per heavy atom. The van der Waals surface area contributed by atoms with Crippen molar-refractivity contribution in [2.24, 2.45) is 0 Å². The van der Waals surface area contributed by atoms with Crippen LogP contribution in [0.25, 0.3) is 0 Å². The number of nitrogens with zero attached hydrogens (tertiary/aromatic N) is 1. The third-order valence-electron chi connectivity index (χ3n) is 2.79. The second-order valence-corrected chi connectivity index (χ2v) is 5.00. The highest BCUT2D eigenvalue weighted by Crippen LogP contribution is 2.09. The summed E-state index contributed by atoms with van der Waals surface area (Å²) < 4.78 is 12.8. The Kier molecular flexibility index (Phi) is 4.69. The van der Waals surface area contributed by atoms with Crippen molar-refractivity contribution >= 4 is 17.5 Å². The SMILES string of the molecule is CC(Cc1ccc(F)cc1)NC(=O)c1cc(Cl)ccn1. The Hall–Kier alpha value is -1.94. The van der Waals surface area contributed by atoms with E-state index in [4.69, 9.17) is 11.6 Å². The summed E-state index contributed by atoms with van der Waals surface area (Å²) in [6.45, 7) is 1.88. The van der Waals surface area contributed by atoms with Crippen LogP contribution < -0.4 is 5.32 Å². The van der Waals surface area contributed by atoms with Crippen LogP contribution in [0.4, 0.5) is 4.39 Å². The van der Waals surface area contributed by atoms with Gasteiger partial charge in [0.25, 0.3) is 5.91 Å². The average Bonchev–Trinajstić information content (AvgIpc) is 2.41. The van der Waals surface area contributed by atoms with Crippen molar-refractivity contribution in [3.05, 3.63) is 64.7 Å². The highest BCUT2D eigenvalue weighted by Gasteiger charge is 2.11. The van der Waals surface area contributed by atoms with E-state index in [0.717, 1.165) is 5.56 Å². The largest absolute Gasteiger partial charge is 0.348 e. The number of halogens is 2. The van der Waals surface area contributed by atoms with E-state index in [-0.39, 0.29) is 23.5 Å². The van der Waals surface area contributed by atoms with Gasteiger partial charge < -0.3 is 5.32 Å². The Balaban J connectivity index is 1.95. The van der Waals surface area contributed by atoms with Crippen LogP contribution >= 0.6 is 11.6 Å². The third-order valence-corrected chi connectivity index (χ3v) is 3.02. The number of pyridine rings is 1. The highest BCUT2D eigenvalue weighted by molar-refractivity contribution is 6.30. The van der Waals surface area contributed by atoms with Gasteiger partial charge in [-0.3, -0.25) is 9.78 Å². The molecule has 0 radical (unpaired) electrons. The monoisotopic (exact) mass is 292 g/mol. The van der Waals surface area contributed by atoms with Gasteiger partial charge in [0.1, 0.15) is 11.5 Å². The summed E-state index contributed by atoms with van der Waals surface area (Å²) in [5, 5.41) is 3.30. The third kappa shape index (κ3) is 4.03. The second-order valence-electron chi connectivity index (χ2n) is 4.56. The molecule has 3 nitrogen and oxygen atoms in total. The maximum Gasteiger partial charge on any atom is 0.270 e. The molecule has 0 saturated heterocycles. The number of benzene rings is 1. The molecule has 1 unspecified atom stereocenters. The first-order valence-electron chi connectivity index (χ1n) is 6.21. The normalized spacial score (nSPS) is 11.9. The molecule has 1 amide bonds. The Morgan fingerprint density at radius 3 is 2.70 bits per heavy atom. The van der Waals surface area contributed by atoms with Gasteiger partial charge in [0, 0.05) is 17.3 Å². The predicted molar refractivity (Wildman–Crippen MR) is 76.3 cm³/mol. The summed E-state index contributed by atoms with van der Waals surface area (Å²) in [5.41, 5.74) is 1.24. The van der Waals surface area contributed by atoms with Crippen LogP contribution in [-0.4, -0.2) is 16.9 Å². The lowest BCUT2D eigenvalue weighted by molar-refractivity contribution is 0.0935. The van der Waals surface area contributed by atoms with Gasteiger partial charge in [-0.1, -0.05) is 23.7 Å². The van der Waals surface area contributed by atoms with Crippen molar-refractivity contribution < 1.29 is 9.18 Å². The summed E-state index contributed by atoms with van der Waals surface area (Å²) in [6, 6.07) is 9.26. The summed E-state index contributed by atoms with van der Waals surface area (Å²) in [7, 11) is 0. The van der Waals surface area contributed by atoms with Crippen LogP contribution in [0.3, 0.4) is 0 Å². The van der Waals surface area contributed by atoms with Crippen LogP contribution in [0.1, 0.15) is 23.0 Å². The molecule has 0 spiro atoms. The van der Waals surface area contributed by atoms with Crippen molar-refractivity contribution in [2.75, 3.05) is 0 Å². The predicted octanol–water partition coefficient (Wildman–Crippen LogP) is 3.24. The molecular formula is C15H14ClFN2O. The number of carbonyl (C=O) groups excluding carboxylic acids is 1. The fourth-order valence-corrected chi connectivity index (χ4v) is 2.01. The van der Waals surface area contributed by atoms with Gasteiger partial charge in [-0.15, -0.1) is 0 Å². The standard InChI is InChI=1S/C15H14ClFN2O/c1-10(8-11-2-4-13(17)5-3-11)19-15(20)14-9-12(16)6-7-18-14/h2-7,9-10H,8H2,1H3,(H,19,20). The molecule has 0 aliphatic carbocycles. The van der Waals surface area contributed by atoms with Gasteiger partial charge in [0.2, 0.25) is 0 Å². The number of hydrogen-bond acceptors (Lipinski definition) is 2. The van der Waals surface area contributed by atoms with Gasteiger partial charge in [0.05, 0.1) is 0 Å². The van der Waals surface area contributed by atoms with Crippen molar-refractivity contribution in [3.8, 4) is 0 Å². The van der Waals surface area contributed by atoms with Crippen LogP contribution in [0.5, 0.6) is 0 Å². The number of nitrogens with one attached hydrogen (secondary N) is 1. The molecule has 2 rings (SSSR count). The first-order chi connectivity index (χ1) is 9.54. The van der Waals surface area contributed by atoms with Gasteiger partial charge in [-0.05, 0) is 43.2 Å². The fourth-order valence-electron chi connectivity index (χ4n) is 1.85. The number of aromatic nitrogens is 1. The number of carbonyl (C=O) groups is 1. The smallest absolute Gasteiger partial charge is 0.270 e. The highest BCUT2D eigenvalue weighted by atomic mass is 35.5. The van der Waals surface area contributed by atoms with E-state index in [0.29, 0.717) is 11.4 Å². The summed E-state index contributed by atoms with van der Waals surface area (Å²) >= 11 is 5.81. The van der Waals surface area contributed by atoms with E-state index in [1.165, 1.54) is 24.4 Å². The topological polar surface area (TPSA) is 42.0 Å². The molecular weight excluding hydrogens is 279 g/mol.